The number of ether oxygens (including phenoxy) is 1. The van der Waals surface area contributed by atoms with E-state index in [1.807, 2.05) is 30.3 Å². The van der Waals surface area contributed by atoms with Crippen LogP contribution in [-0.2, 0) is 13.5 Å². The van der Waals surface area contributed by atoms with Crippen LogP contribution in [0.4, 0.5) is 10.2 Å². The second-order valence-corrected chi connectivity index (χ2v) is 8.73. The molecule has 0 radical (unpaired) electrons. The summed E-state index contributed by atoms with van der Waals surface area (Å²) in [6, 6.07) is 17.3. The van der Waals surface area contributed by atoms with E-state index in [1.54, 1.807) is 30.8 Å². The van der Waals surface area contributed by atoms with Crippen molar-refractivity contribution in [3.63, 3.8) is 0 Å². The number of hydrogen-bond acceptors (Lipinski definition) is 6. The fourth-order valence-electron chi connectivity index (χ4n) is 3.86. The van der Waals surface area contributed by atoms with Gasteiger partial charge in [-0.05, 0) is 67.7 Å². The summed E-state index contributed by atoms with van der Waals surface area (Å²) < 4.78 is 22.5. The van der Waals surface area contributed by atoms with E-state index >= 15 is 0 Å². The maximum absolute atomic E-state index is 14.3. The third-order valence-electron chi connectivity index (χ3n) is 5.50. The van der Waals surface area contributed by atoms with E-state index in [4.69, 9.17) is 10.00 Å². The van der Waals surface area contributed by atoms with E-state index in [9.17, 15) is 14.5 Å². The smallest absolute Gasteiger partial charge is 0.406 e. The number of aryl methyl sites for hydroxylation is 1. The van der Waals surface area contributed by atoms with Gasteiger partial charge in [-0.1, -0.05) is 30.3 Å². The fourth-order valence-corrected chi connectivity index (χ4v) is 4.18. The number of aromatic nitrogens is 3. The summed E-state index contributed by atoms with van der Waals surface area (Å²) in [7, 11) is 1.77. The predicted octanol–water partition coefficient (Wildman–Crippen LogP) is 5.89. The van der Waals surface area contributed by atoms with Crippen molar-refractivity contribution in [2.24, 2.45) is 7.05 Å². The van der Waals surface area contributed by atoms with Crippen molar-refractivity contribution in [1.29, 1.82) is 5.26 Å². The van der Waals surface area contributed by atoms with Gasteiger partial charge in [0.2, 0.25) is 5.75 Å². The summed E-state index contributed by atoms with van der Waals surface area (Å²) in [5.41, 5.74) is 4.21. The first-order chi connectivity index (χ1) is 16.8. The van der Waals surface area contributed by atoms with Crippen LogP contribution in [-0.4, -0.2) is 19.7 Å². The molecular weight excluding hydrogens is 517 g/mol. The average Bonchev–Trinajstić information content (AvgIpc) is 3.18. The van der Waals surface area contributed by atoms with Gasteiger partial charge < -0.3 is 14.9 Å². The highest BCUT2D eigenvalue weighted by Gasteiger charge is 2.23. The molecule has 0 aliphatic heterocycles. The summed E-state index contributed by atoms with van der Waals surface area (Å²) in [6.07, 6.45) is 1.08. The lowest BCUT2D eigenvalue weighted by Crippen LogP contribution is -2.08. The van der Waals surface area contributed by atoms with E-state index in [0.717, 1.165) is 22.4 Å². The summed E-state index contributed by atoms with van der Waals surface area (Å²) in [4.78, 5) is 14.6. The minimum atomic E-state index is -0.731. The third kappa shape index (κ3) is 5.20. The van der Waals surface area contributed by atoms with Crippen LogP contribution in [0.25, 0.3) is 11.1 Å². The van der Waals surface area contributed by atoms with Gasteiger partial charge in [-0.2, -0.15) is 10.4 Å². The molecule has 2 aromatic heterocycles. The summed E-state index contributed by atoms with van der Waals surface area (Å²) in [5, 5.41) is 24.8. The van der Waals surface area contributed by atoms with Crippen molar-refractivity contribution in [2.45, 2.75) is 19.4 Å². The van der Waals surface area contributed by atoms with Crippen LogP contribution in [0.2, 0.25) is 0 Å². The van der Waals surface area contributed by atoms with Crippen LogP contribution >= 0.6 is 15.9 Å². The van der Waals surface area contributed by atoms with Crippen molar-refractivity contribution in [2.75, 3.05) is 0 Å². The van der Waals surface area contributed by atoms with Crippen molar-refractivity contribution in [3.05, 3.63) is 104 Å². The standard InChI is InChI=1S/C25H19BrFN5O3/c1-15(35-24-10-17(26)14-29-25(24)32(33)34)23-11-18(27)7-8-22(23)21-6-4-3-5-16(21)9-20-12-19(13-28)30-31(20)2/h3-8,10-12,14-15H,9H2,1-2H3. The van der Waals surface area contributed by atoms with Gasteiger partial charge in [-0.25, -0.2) is 4.39 Å². The van der Waals surface area contributed by atoms with Gasteiger partial charge in [0.15, 0.2) is 11.9 Å². The molecule has 1 atom stereocenters. The third-order valence-corrected chi connectivity index (χ3v) is 5.93. The minimum Gasteiger partial charge on any atom is -0.478 e. The van der Waals surface area contributed by atoms with Gasteiger partial charge in [0.25, 0.3) is 0 Å². The first-order valence-electron chi connectivity index (χ1n) is 10.5. The SMILES string of the molecule is CC(Oc1cc(Br)cnc1[N+](=O)[O-])c1cc(F)ccc1-c1ccccc1Cc1cc(C#N)nn1C. The molecule has 1 unspecified atom stereocenters. The Labute approximate surface area is 208 Å². The van der Waals surface area contributed by atoms with Crippen LogP contribution in [0.1, 0.15) is 35.5 Å². The number of pyridine rings is 1. The number of nitro groups is 1. The maximum atomic E-state index is 14.3. The number of benzene rings is 2. The van der Waals surface area contributed by atoms with E-state index in [2.05, 4.69) is 26.0 Å². The van der Waals surface area contributed by atoms with Crippen LogP contribution in [0, 0.1) is 27.3 Å². The molecule has 0 amide bonds. The lowest BCUT2D eigenvalue weighted by atomic mass is 9.91. The van der Waals surface area contributed by atoms with E-state index in [0.29, 0.717) is 22.2 Å². The van der Waals surface area contributed by atoms with Gasteiger partial charge in [0.1, 0.15) is 18.0 Å². The minimum absolute atomic E-state index is 0.0284. The zero-order chi connectivity index (χ0) is 25.1. The van der Waals surface area contributed by atoms with Gasteiger partial charge in [-0.3, -0.25) is 4.68 Å². The number of hydrogen-bond donors (Lipinski definition) is 0. The Hall–Kier alpha value is -4.10. The van der Waals surface area contributed by atoms with Crippen molar-refractivity contribution in [1.82, 2.24) is 14.8 Å². The summed E-state index contributed by atoms with van der Waals surface area (Å²) in [5.74, 6) is -0.911. The van der Waals surface area contributed by atoms with Gasteiger partial charge in [0.05, 0.1) is 4.47 Å². The molecule has 10 heteroatoms. The zero-order valence-electron chi connectivity index (χ0n) is 18.8. The number of rotatable bonds is 7. The molecule has 2 heterocycles. The molecule has 8 nitrogen and oxygen atoms in total. The van der Waals surface area contributed by atoms with E-state index < -0.39 is 22.7 Å². The molecule has 0 spiro atoms. The Morgan fingerprint density at radius 2 is 2.00 bits per heavy atom. The largest absolute Gasteiger partial charge is 0.478 e. The molecule has 2 aromatic carbocycles. The molecule has 0 aliphatic rings. The highest BCUT2D eigenvalue weighted by molar-refractivity contribution is 9.10. The molecule has 0 saturated carbocycles. The number of halogens is 2. The zero-order valence-corrected chi connectivity index (χ0v) is 20.4. The van der Waals surface area contributed by atoms with Crippen LogP contribution in [0.15, 0.2) is 65.3 Å². The average molecular weight is 536 g/mol. The van der Waals surface area contributed by atoms with Crippen LogP contribution < -0.4 is 4.74 Å². The first-order valence-corrected chi connectivity index (χ1v) is 11.3. The summed E-state index contributed by atoms with van der Waals surface area (Å²) in [6.45, 7) is 1.70. The molecule has 0 N–H and O–H groups in total. The van der Waals surface area contributed by atoms with Gasteiger partial charge in [-0.15, -0.1) is 0 Å². The van der Waals surface area contributed by atoms with Gasteiger partial charge in [0, 0.05) is 30.8 Å². The molecule has 4 aromatic rings. The highest BCUT2D eigenvalue weighted by atomic mass is 79.9. The lowest BCUT2D eigenvalue weighted by molar-refractivity contribution is -0.390. The Morgan fingerprint density at radius 1 is 1.23 bits per heavy atom. The number of nitrogens with zero attached hydrogens (tertiary/aromatic N) is 5. The molecule has 0 bridgehead atoms. The van der Waals surface area contributed by atoms with E-state index in [1.165, 1.54) is 24.4 Å². The molecule has 4 rings (SSSR count). The Bertz CT molecular complexity index is 1460. The molecule has 35 heavy (non-hydrogen) atoms. The Kier molecular flexibility index (Phi) is 6.89. The highest BCUT2D eigenvalue weighted by Crippen LogP contribution is 2.37. The summed E-state index contributed by atoms with van der Waals surface area (Å²) >= 11 is 3.26. The molecule has 176 valence electrons. The maximum Gasteiger partial charge on any atom is 0.406 e. The first kappa shape index (κ1) is 24.0. The lowest BCUT2D eigenvalue weighted by Gasteiger charge is -2.20. The second kappa shape index (κ2) is 10.0. The molecule has 0 fully saturated rings. The second-order valence-electron chi connectivity index (χ2n) is 7.81. The number of nitriles is 1. The van der Waals surface area contributed by atoms with Crippen LogP contribution in [0.5, 0.6) is 5.75 Å². The normalized spacial score (nSPS) is 11.6. The Balaban J connectivity index is 1.75. The fraction of sp³-hybridized carbons (Fsp3) is 0.160. The molecular formula is C25H19BrFN5O3. The van der Waals surface area contributed by atoms with Crippen molar-refractivity contribution in [3.8, 4) is 22.9 Å². The Morgan fingerprint density at radius 3 is 2.71 bits per heavy atom. The predicted molar refractivity (Wildman–Crippen MR) is 130 cm³/mol. The van der Waals surface area contributed by atoms with Crippen molar-refractivity contribution >= 4 is 21.7 Å². The molecule has 0 aliphatic carbocycles. The van der Waals surface area contributed by atoms with Crippen LogP contribution in [0.3, 0.4) is 0 Å². The topological polar surface area (TPSA) is 107 Å². The van der Waals surface area contributed by atoms with Crippen molar-refractivity contribution < 1.29 is 14.1 Å². The van der Waals surface area contributed by atoms with E-state index in [-0.39, 0.29) is 5.75 Å². The quantitative estimate of drug-likeness (QED) is 0.215. The molecule has 0 saturated heterocycles. The van der Waals surface area contributed by atoms with Gasteiger partial charge >= 0.3 is 5.82 Å². The monoisotopic (exact) mass is 535 g/mol.